The second-order valence-electron chi connectivity index (χ2n) is 10.8. The molecule has 230 valence electrons. The van der Waals surface area contributed by atoms with Crippen molar-refractivity contribution in [2.24, 2.45) is 11.8 Å². The van der Waals surface area contributed by atoms with E-state index in [-0.39, 0.29) is 25.0 Å². The largest absolute Gasteiger partial charge is 0.457 e. The number of alkyl halides is 1. The standard InChI is InChI=1S/C27H42FNO9.C2H6/c1-15(12-18-9-10-20(30)21(14-18)35-4)17(3)37-26(33)19-8-6-7-11-29(19)25(32)23(31)27(34)16(2)13-22(36-5)24(28)38-27;1-2/h12,16-22,24,30,34H,6-11,13-14H2,1-5H3;1-2H3/b15-12+;. The number of carbonyl (C=O) groups is 3. The van der Waals surface area contributed by atoms with Crippen LogP contribution >= 0.6 is 0 Å². The van der Waals surface area contributed by atoms with Crippen LogP contribution in [0.4, 0.5) is 4.39 Å². The summed E-state index contributed by atoms with van der Waals surface area (Å²) >= 11 is 0. The van der Waals surface area contributed by atoms with Crippen LogP contribution in [-0.2, 0) is 33.3 Å². The molecule has 9 unspecified atom stereocenters. The van der Waals surface area contributed by atoms with Crippen molar-refractivity contribution < 1.29 is 47.9 Å². The molecular weight excluding hydrogens is 525 g/mol. The van der Waals surface area contributed by atoms with Crippen molar-refractivity contribution >= 4 is 17.7 Å². The maximum atomic E-state index is 14.4. The van der Waals surface area contributed by atoms with Crippen LogP contribution in [0.2, 0.25) is 0 Å². The number of ether oxygens (including phenoxy) is 4. The van der Waals surface area contributed by atoms with Gasteiger partial charge in [0.2, 0.25) is 12.1 Å². The lowest BCUT2D eigenvalue weighted by atomic mass is 9.84. The molecular formula is C29H48FNO9. The number of halogens is 1. The number of piperidine rings is 1. The van der Waals surface area contributed by atoms with Gasteiger partial charge in [-0.3, -0.25) is 9.59 Å². The summed E-state index contributed by atoms with van der Waals surface area (Å²) in [5.74, 6) is -6.44. The lowest BCUT2D eigenvalue weighted by Gasteiger charge is -2.42. The molecule has 0 aromatic carbocycles. The third-order valence-electron chi connectivity index (χ3n) is 8.23. The molecule has 0 aromatic rings. The van der Waals surface area contributed by atoms with Gasteiger partial charge in [-0.2, -0.15) is 0 Å². The molecule has 11 heteroatoms. The molecule has 0 spiro atoms. The molecule has 0 bridgehead atoms. The van der Waals surface area contributed by atoms with E-state index in [0.29, 0.717) is 32.1 Å². The van der Waals surface area contributed by atoms with E-state index in [0.717, 1.165) is 16.9 Å². The van der Waals surface area contributed by atoms with Gasteiger partial charge >= 0.3 is 5.97 Å². The first kappa shape index (κ1) is 34.3. The SMILES string of the molecule is CC.COC1CC(/C=C(\C)C(C)OC(=O)C2CCCCN2C(=O)C(=O)C2(O)OC(F)C(OC)CC2C)CCC1O. The summed E-state index contributed by atoms with van der Waals surface area (Å²) in [5.41, 5.74) is 0.833. The molecule has 9 atom stereocenters. The zero-order valence-corrected chi connectivity index (χ0v) is 24.9. The summed E-state index contributed by atoms with van der Waals surface area (Å²) in [6.45, 7) is 9.20. The number of rotatable bonds is 8. The minimum absolute atomic E-state index is 0.0210. The minimum atomic E-state index is -2.66. The number of Topliss-reactive ketones (excluding diaryl/α,β-unsaturated/α-hetero) is 1. The molecule has 3 rings (SSSR count). The first-order valence-electron chi connectivity index (χ1n) is 14.4. The second kappa shape index (κ2) is 15.3. The Bertz CT molecular complexity index is 899. The summed E-state index contributed by atoms with van der Waals surface area (Å²) in [4.78, 5) is 40.6. The van der Waals surface area contributed by atoms with Gasteiger partial charge in [0, 0.05) is 26.7 Å². The Balaban J connectivity index is 0.00000274. The van der Waals surface area contributed by atoms with Crippen molar-refractivity contribution in [3.8, 4) is 0 Å². The Labute approximate surface area is 237 Å². The van der Waals surface area contributed by atoms with E-state index in [1.807, 2.05) is 26.8 Å². The molecule has 0 radical (unpaired) electrons. The molecule has 2 saturated heterocycles. The maximum absolute atomic E-state index is 14.4. The van der Waals surface area contributed by atoms with Gasteiger partial charge in [0.15, 0.2) is 0 Å². The number of likely N-dealkylation sites (tertiary alicyclic amines) is 1. The van der Waals surface area contributed by atoms with Crippen molar-refractivity contribution in [1.29, 1.82) is 0 Å². The maximum Gasteiger partial charge on any atom is 0.329 e. The summed E-state index contributed by atoms with van der Waals surface area (Å²) in [6.07, 6.45) is 1.25. The number of methoxy groups -OCH3 is 2. The molecule has 1 saturated carbocycles. The van der Waals surface area contributed by atoms with Crippen LogP contribution in [0.5, 0.6) is 0 Å². The first-order chi connectivity index (χ1) is 18.9. The molecule has 3 fully saturated rings. The highest BCUT2D eigenvalue weighted by Gasteiger charge is 2.55. The van der Waals surface area contributed by atoms with Crippen molar-refractivity contribution in [3.63, 3.8) is 0 Å². The highest BCUT2D eigenvalue weighted by molar-refractivity contribution is 6.39. The monoisotopic (exact) mass is 573 g/mol. The number of carbonyl (C=O) groups excluding carboxylic acids is 3. The van der Waals surface area contributed by atoms with Gasteiger partial charge in [0.1, 0.15) is 18.2 Å². The lowest BCUT2D eigenvalue weighted by molar-refractivity contribution is -0.312. The average molecular weight is 574 g/mol. The number of esters is 1. The molecule has 3 aliphatic rings. The van der Waals surface area contributed by atoms with Gasteiger partial charge in [-0.15, -0.1) is 0 Å². The van der Waals surface area contributed by atoms with Crippen LogP contribution in [0, 0.1) is 11.8 Å². The Morgan fingerprint density at radius 3 is 2.35 bits per heavy atom. The van der Waals surface area contributed by atoms with Crippen molar-refractivity contribution in [3.05, 3.63) is 11.6 Å². The molecule has 2 aliphatic heterocycles. The summed E-state index contributed by atoms with van der Waals surface area (Å²) < 4.78 is 35.4. The van der Waals surface area contributed by atoms with E-state index < -0.39 is 60.1 Å². The number of aliphatic hydroxyl groups is 2. The van der Waals surface area contributed by atoms with Gasteiger partial charge in [-0.25, -0.2) is 9.18 Å². The Morgan fingerprint density at radius 2 is 1.73 bits per heavy atom. The molecule has 0 aromatic heterocycles. The van der Waals surface area contributed by atoms with Crippen LogP contribution < -0.4 is 0 Å². The van der Waals surface area contributed by atoms with Crippen LogP contribution in [0.15, 0.2) is 11.6 Å². The Morgan fingerprint density at radius 1 is 1.07 bits per heavy atom. The third kappa shape index (κ3) is 7.88. The van der Waals surface area contributed by atoms with Crippen molar-refractivity contribution in [1.82, 2.24) is 4.90 Å². The molecule has 1 amide bonds. The van der Waals surface area contributed by atoms with E-state index in [1.54, 1.807) is 14.0 Å². The van der Waals surface area contributed by atoms with Gasteiger partial charge in [-0.05, 0) is 70.3 Å². The number of ketones is 1. The highest BCUT2D eigenvalue weighted by Crippen LogP contribution is 2.36. The van der Waals surface area contributed by atoms with Crippen molar-refractivity contribution in [2.75, 3.05) is 20.8 Å². The highest BCUT2D eigenvalue weighted by atomic mass is 19.1. The van der Waals surface area contributed by atoms with Gasteiger partial charge in [0.25, 0.3) is 11.7 Å². The van der Waals surface area contributed by atoms with Crippen LogP contribution in [0.3, 0.4) is 0 Å². The average Bonchev–Trinajstić information content (AvgIpc) is 2.96. The summed E-state index contributed by atoms with van der Waals surface area (Å²) in [7, 11) is 2.87. The predicted molar refractivity (Wildman–Crippen MR) is 145 cm³/mol. The second-order valence-corrected chi connectivity index (χ2v) is 10.8. The molecule has 1 aliphatic carbocycles. The van der Waals surface area contributed by atoms with Crippen LogP contribution in [0.1, 0.15) is 79.6 Å². The Kier molecular flexibility index (Phi) is 13.2. The quantitative estimate of drug-likeness (QED) is 0.255. The number of hydrogen-bond acceptors (Lipinski definition) is 9. The summed E-state index contributed by atoms with van der Waals surface area (Å²) in [5, 5.41) is 20.9. The summed E-state index contributed by atoms with van der Waals surface area (Å²) in [6, 6.07) is -1.01. The van der Waals surface area contributed by atoms with Gasteiger partial charge < -0.3 is 34.1 Å². The third-order valence-corrected chi connectivity index (χ3v) is 8.23. The van der Waals surface area contributed by atoms with E-state index in [4.69, 9.17) is 18.9 Å². The minimum Gasteiger partial charge on any atom is -0.457 e. The van der Waals surface area contributed by atoms with Gasteiger partial charge in [0.05, 0.1) is 12.2 Å². The fraction of sp³-hybridized carbons (Fsp3) is 0.828. The topological polar surface area (TPSA) is 132 Å². The van der Waals surface area contributed by atoms with E-state index >= 15 is 0 Å². The molecule has 2 heterocycles. The zero-order valence-electron chi connectivity index (χ0n) is 24.9. The van der Waals surface area contributed by atoms with Gasteiger partial charge in [-0.1, -0.05) is 26.8 Å². The zero-order chi connectivity index (χ0) is 30.2. The van der Waals surface area contributed by atoms with E-state index in [2.05, 4.69) is 0 Å². The lowest BCUT2D eigenvalue weighted by Crippen LogP contribution is -2.62. The van der Waals surface area contributed by atoms with Crippen molar-refractivity contribution in [2.45, 2.75) is 122 Å². The van der Waals surface area contributed by atoms with Crippen LogP contribution in [0.25, 0.3) is 0 Å². The number of allylic oxidation sites excluding steroid dienone is 1. The fourth-order valence-electron chi connectivity index (χ4n) is 5.56. The first-order valence-corrected chi connectivity index (χ1v) is 14.4. The molecule has 10 nitrogen and oxygen atoms in total. The normalized spacial score (nSPS) is 35.7. The van der Waals surface area contributed by atoms with E-state index in [9.17, 15) is 29.0 Å². The molecule has 2 N–H and O–H groups in total. The molecule has 40 heavy (non-hydrogen) atoms. The Hall–Kier alpha value is -1.92. The smallest absolute Gasteiger partial charge is 0.329 e. The number of hydrogen-bond donors (Lipinski definition) is 2. The van der Waals surface area contributed by atoms with Crippen LogP contribution in [-0.4, -0.2) is 96.1 Å². The fourth-order valence-corrected chi connectivity index (χ4v) is 5.56. The number of aliphatic hydroxyl groups excluding tert-OH is 1. The van der Waals surface area contributed by atoms with E-state index in [1.165, 1.54) is 14.0 Å². The predicted octanol–water partition coefficient (Wildman–Crippen LogP) is 3.07. The number of nitrogens with zero attached hydrogens (tertiary/aromatic N) is 1. The number of amides is 1.